The molecule has 0 bridgehead atoms. The molecule has 27 heavy (non-hydrogen) atoms. The summed E-state index contributed by atoms with van der Waals surface area (Å²) in [5, 5.41) is 3.32. The highest BCUT2D eigenvalue weighted by atomic mass is 35.5. The zero-order valence-electron chi connectivity index (χ0n) is 15.3. The van der Waals surface area contributed by atoms with Crippen LogP contribution < -0.4 is 14.8 Å². The third kappa shape index (κ3) is 7.19. The van der Waals surface area contributed by atoms with Gasteiger partial charge in [-0.3, -0.25) is 9.59 Å². The predicted molar refractivity (Wildman–Crippen MR) is 104 cm³/mol. The monoisotopic (exact) mass is 391 g/mol. The van der Waals surface area contributed by atoms with Crippen molar-refractivity contribution < 1.29 is 23.8 Å². The SMILES string of the molecule is COc1cccc(NC(=O)COC(=O)CCCOc2ccc(Cl)c(C)c2)c1. The number of nitrogens with one attached hydrogen (secondary N) is 1. The van der Waals surface area contributed by atoms with Crippen molar-refractivity contribution in [2.45, 2.75) is 19.8 Å². The Labute approximate surface area is 163 Å². The minimum absolute atomic E-state index is 0.166. The molecule has 0 aliphatic heterocycles. The van der Waals surface area contributed by atoms with Crippen molar-refractivity contribution in [3.63, 3.8) is 0 Å². The highest BCUT2D eigenvalue weighted by molar-refractivity contribution is 6.31. The molecule has 0 heterocycles. The van der Waals surface area contributed by atoms with Crippen LogP contribution in [0.15, 0.2) is 42.5 Å². The molecule has 2 aromatic rings. The van der Waals surface area contributed by atoms with E-state index < -0.39 is 11.9 Å². The van der Waals surface area contributed by atoms with E-state index in [9.17, 15) is 9.59 Å². The first kappa shape index (κ1) is 20.6. The van der Waals surface area contributed by atoms with Crippen LogP contribution in [-0.4, -0.2) is 32.2 Å². The smallest absolute Gasteiger partial charge is 0.306 e. The first-order valence-electron chi connectivity index (χ1n) is 8.46. The third-order valence-corrected chi connectivity index (χ3v) is 4.07. The summed E-state index contributed by atoms with van der Waals surface area (Å²) < 4.78 is 15.6. The van der Waals surface area contributed by atoms with Gasteiger partial charge in [-0.1, -0.05) is 17.7 Å². The molecule has 0 aliphatic rings. The standard InChI is InChI=1S/C20H22ClNO5/c1-14-11-17(8-9-18(14)21)26-10-4-7-20(24)27-13-19(23)22-15-5-3-6-16(12-15)25-2/h3,5-6,8-9,11-12H,4,7,10,13H2,1-2H3,(H,22,23). The van der Waals surface area contributed by atoms with Crippen molar-refractivity contribution >= 4 is 29.2 Å². The van der Waals surface area contributed by atoms with Crippen LogP contribution in [0.5, 0.6) is 11.5 Å². The van der Waals surface area contributed by atoms with E-state index in [1.54, 1.807) is 43.5 Å². The zero-order valence-corrected chi connectivity index (χ0v) is 16.0. The number of carbonyl (C=O) groups excluding carboxylic acids is 2. The van der Waals surface area contributed by atoms with Crippen molar-refractivity contribution in [2.75, 3.05) is 25.6 Å². The van der Waals surface area contributed by atoms with Crippen molar-refractivity contribution in [3.05, 3.63) is 53.1 Å². The Balaban J connectivity index is 1.63. The van der Waals surface area contributed by atoms with Crippen molar-refractivity contribution in [3.8, 4) is 11.5 Å². The Bertz CT molecular complexity index is 794. The van der Waals surface area contributed by atoms with Gasteiger partial charge in [-0.2, -0.15) is 0 Å². The maximum atomic E-state index is 11.8. The Morgan fingerprint density at radius 1 is 1.11 bits per heavy atom. The Morgan fingerprint density at radius 2 is 1.93 bits per heavy atom. The van der Waals surface area contributed by atoms with E-state index in [-0.39, 0.29) is 13.0 Å². The van der Waals surface area contributed by atoms with E-state index in [2.05, 4.69) is 5.32 Å². The number of carbonyl (C=O) groups is 2. The van der Waals surface area contributed by atoms with Gasteiger partial charge in [0.25, 0.3) is 5.91 Å². The number of hydrogen-bond acceptors (Lipinski definition) is 5. The van der Waals surface area contributed by atoms with Crippen LogP contribution in [0, 0.1) is 6.92 Å². The van der Waals surface area contributed by atoms with Gasteiger partial charge in [0, 0.05) is 23.2 Å². The van der Waals surface area contributed by atoms with Crippen molar-refractivity contribution in [1.82, 2.24) is 0 Å². The molecule has 1 N–H and O–H groups in total. The summed E-state index contributed by atoms with van der Waals surface area (Å²) in [4.78, 5) is 23.5. The number of rotatable bonds is 9. The van der Waals surface area contributed by atoms with Gasteiger partial charge in [-0.15, -0.1) is 0 Å². The summed E-state index contributed by atoms with van der Waals surface area (Å²) in [5.41, 5.74) is 1.50. The van der Waals surface area contributed by atoms with Crippen LogP contribution >= 0.6 is 11.6 Å². The fourth-order valence-electron chi connectivity index (χ4n) is 2.23. The number of esters is 1. The van der Waals surface area contributed by atoms with Crippen LogP contribution in [0.2, 0.25) is 5.02 Å². The second-order valence-electron chi connectivity index (χ2n) is 5.80. The van der Waals surface area contributed by atoms with E-state index in [1.807, 2.05) is 13.0 Å². The molecule has 0 aliphatic carbocycles. The Hall–Kier alpha value is -2.73. The van der Waals surface area contributed by atoms with Crippen LogP contribution in [-0.2, 0) is 14.3 Å². The topological polar surface area (TPSA) is 73.9 Å². The maximum Gasteiger partial charge on any atom is 0.306 e. The van der Waals surface area contributed by atoms with Gasteiger partial charge in [0.2, 0.25) is 0 Å². The molecule has 0 unspecified atom stereocenters. The van der Waals surface area contributed by atoms with Gasteiger partial charge in [0.1, 0.15) is 11.5 Å². The minimum atomic E-state index is -0.452. The number of hydrogen-bond donors (Lipinski definition) is 1. The fraction of sp³-hybridized carbons (Fsp3) is 0.300. The van der Waals surface area contributed by atoms with Gasteiger partial charge >= 0.3 is 5.97 Å². The largest absolute Gasteiger partial charge is 0.497 e. The molecular weight excluding hydrogens is 370 g/mol. The molecular formula is C20H22ClNO5. The van der Waals surface area contributed by atoms with Crippen LogP contribution in [0.3, 0.4) is 0 Å². The summed E-state index contributed by atoms with van der Waals surface area (Å²) in [6, 6.07) is 12.3. The zero-order chi connectivity index (χ0) is 19.6. The highest BCUT2D eigenvalue weighted by Gasteiger charge is 2.09. The number of halogens is 1. The lowest BCUT2D eigenvalue weighted by Gasteiger charge is -2.09. The Kier molecular flexibility index (Phi) is 7.95. The number of ether oxygens (including phenoxy) is 3. The van der Waals surface area contributed by atoms with Gasteiger partial charge in [-0.05, 0) is 49.2 Å². The molecule has 0 radical (unpaired) electrons. The molecule has 0 saturated heterocycles. The lowest BCUT2D eigenvalue weighted by Crippen LogP contribution is -2.21. The van der Waals surface area contributed by atoms with E-state index >= 15 is 0 Å². The van der Waals surface area contributed by atoms with E-state index in [1.165, 1.54) is 0 Å². The first-order chi connectivity index (χ1) is 13.0. The fourth-order valence-corrected chi connectivity index (χ4v) is 2.35. The molecule has 0 spiro atoms. The molecule has 7 heteroatoms. The molecule has 2 rings (SSSR count). The number of benzene rings is 2. The quantitative estimate of drug-likeness (QED) is 0.516. The molecule has 0 fully saturated rings. The lowest BCUT2D eigenvalue weighted by atomic mass is 10.2. The normalized spacial score (nSPS) is 10.2. The predicted octanol–water partition coefficient (Wildman–Crippen LogP) is 4.00. The summed E-state index contributed by atoms with van der Waals surface area (Å²) in [6.07, 6.45) is 0.650. The number of amides is 1. The molecule has 1 amide bonds. The van der Waals surface area contributed by atoms with Crippen LogP contribution in [0.25, 0.3) is 0 Å². The van der Waals surface area contributed by atoms with E-state index in [0.717, 1.165) is 5.56 Å². The second kappa shape index (κ2) is 10.4. The number of anilines is 1. The van der Waals surface area contributed by atoms with E-state index in [0.29, 0.717) is 35.2 Å². The second-order valence-corrected chi connectivity index (χ2v) is 6.21. The first-order valence-corrected chi connectivity index (χ1v) is 8.84. The van der Waals surface area contributed by atoms with Gasteiger partial charge in [0.05, 0.1) is 13.7 Å². The molecule has 0 saturated carbocycles. The summed E-state index contributed by atoms with van der Waals surface area (Å²) in [7, 11) is 1.54. The summed E-state index contributed by atoms with van der Waals surface area (Å²) in [5.74, 6) is 0.458. The van der Waals surface area contributed by atoms with E-state index in [4.69, 9.17) is 25.8 Å². The molecule has 2 aromatic carbocycles. The maximum absolute atomic E-state index is 11.8. The summed E-state index contributed by atoms with van der Waals surface area (Å²) >= 11 is 5.95. The molecule has 144 valence electrons. The lowest BCUT2D eigenvalue weighted by molar-refractivity contribution is -0.147. The van der Waals surface area contributed by atoms with Gasteiger partial charge < -0.3 is 19.5 Å². The highest BCUT2D eigenvalue weighted by Crippen LogP contribution is 2.21. The van der Waals surface area contributed by atoms with Crippen molar-refractivity contribution in [1.29, 1.82) is 0 Å². The van der Waals surface area contributed by atoms with Gasteiger partial charge in [-0.25, -0.2) is 0 Å². The van der Waals surface area contributed by atoms with Crippen molar-refractivity contribution in [2.24, 2.45) is 0 Å². The molecule has 6 nitrogen and oxygen atoms in total. The van der Waals surface area contributed by atoms with Crippen LogP contribution in [0.1, 0.15) is 18.4 Å². The minimum Gasteiger partial charge on any atom is -0.497 e. The Morgan fingerprint density at radius 3 is 2.67 bits per heavy atom. The number of methoxy groups -OCH3 is 1. The average Bonchev–Trinajstić information content (AvgIpc) is 2.66. The van der Waals surface area contributed by atoms with Gasteiger partial charge in [0.15, 0.2) is 6.61 Å². The molecule has 0 atom stereocenters. The molecule has 0 aromatic heterocycles. The average molecular weight is 392 g/mol. The summed E-state index contributed by atoms with van der Waals surface area (Å²) in [6.45, 7) is 1.92. The van der Waals surface area contributed by atoms with Crippen LogP contribution in [0.4, 0.5) is 5.69 Å². The third-order valence-electron chi connectivity index (χ3n) is 3.64. The number of aryl methyl sites for hydroxylation is 1.